The highest BCUT2D eigenvalue weighted by Gasteiger charge is 2.49. The average molecular weight is 885 g/mol. The monoisotopic (exact) mass is 885 g/mol. The van der Waals surface area contributed by atoms with Crippen LogP contribution in [0, 0.1) is 6.92 Å². The van der Waals surface area contributed by atoms with Crippen molar-refractivity contribution >= 4 is 57.2 Å². The third-order valence-electron chi connectivity index (χ3n) is 16.9. The first-order valence-electron chi connectivity index (χ1n) is 25.5. The molecule has 10 rings (SSSR count). The molecule has 0 aromatic heterocycles. The fourth-order valence-corrected chi connectivity index (χ4v) is 12.9. The van der Waals surface area contributed by atoms with E-state index in [0.717, 1.165) is 6.42 Å². The fraction of sp³-hybridized carbons (Fsp3) is 0.438. The Balaban J connectivity index is 1.38. The Kier molecular flexibility index (Phi) is 9.91. The predicted molar refractivity (Wildman–Crippen MR) is 293 cm³/mol. The summed E-state index contributed by atoms with van der Waals surface area (Å²) >= 11 is 0. The van der Waals surface area contributed by atoms with E-state index >= 15 is 0 Å². The normalized spacial score (nSPS) is 18.5. The van der Waals surface area contributed by atoms with Crippen molar-refractivity contribution in [2.75, 3.05) is 9.80 Å². The number of fused-ring (bicyclic) bond motifs is 6. The summed E-state index contributed by atoms with van der Waals surface area (Å²) in [6.07, 6.45) is 3.50. The number of hydrogen-bond donors (Lipinski definition) is 0. The molecule has 3 heteroatoms. The molecule has 67 heavy (non-hydrogen) atoms. The summed E-state index contributed by atoms with van der Waals surface area (Å²) in [7, 11) is 0. The SMILES string of the molecule is Cc1cc2c(cc1N1c3cc(C(C)(C)C)ccc3B3c4cc5c(cc4N(c4ccc(C(C)(C)C)cc4-c4ccccc4)c4cc(C(C)(C)C)cc1c43)C(C)(C)CC5(C)C)C(C)(C)CCC2(C)C. The van der Waals surface area contributed by atoms with Gasteiger partial charge in [-0.1, -0.05) is 178 Å². The summed E-state index contributed by atoms with van der Waals surface area (Å²) < 4.78 is 0. The molecule has 346 valence electrons. The maximum Gasteiger partial charge on any atom is 0.252 e. The molecule has 0 spiro atoms. The fourth-order valence-electron chi connectivity index (χ4n) is 12.9. The molecule has 0 atom stereocenters. The van der Waals surface area contributed by atoms with Crippen molar-refractivity contribution in [3.8, 4) is 11.1 Å². The zero-order valence-electron chi connectivity index (χ0n) is 44.4. The molecule has 2 heterocycles. The number of rotatable bonds is 3. The number of nitrogens with zero attached hydrogens (tertiary/aromatic N) is 2. The van der Waals surface area contributed by atoms with Crippen molar-refractivity contribution in [2.45, 2.75) is 182 Å². The molecule has 0 saturated carbocycles. The molecule has 0 radical (unpaired) electrons. The molecule has 0 unspecified atom stereocenters. The molecule has 0 N–H and O–H groups in total. The first kappa shape index (κ1) is 45.8. The molecule has 2 aliphatic carbocycles. The third-order valence-corrected chi connectivity index (χ3v) is 16.9. The lowest BCUT2D eigenvalue weighted by atomic mass is 9.33. The van der Waals surface area contributed by atoms with Crippen LogP contribution in [0.3, 0.4) is 0 Å². The molecule has 0 amide bonds. The van der Waals surface area contributed by atoms with Crippen molar-refractivity contribution < 1.29 is 0 Å². The van der Waals surface area contributed by atoms with E-state index in [1.165, 1.54) is 119 Å². The molecule has 0 bridgehead atoms. The van der Waals surface area contributed by atoms with E-state index in [1.54, 1.807) is 0 Å². The highest BCUT2D eigenvalue weighted by molar-refractivity contribution is 7.00. The van der Waals surface area contributed by atoms with Gasteiger partial charge in [0.25, 0.3) is 6.71 Å². The molecule has 6 aromatic carbocycles. The van der Waals surface area contributed by atoms with Crippen LogP contribution in [0.4, 0.5) is 34.1 Å². The lowest BCUT2D eigenvalue weighted by molar-refractivity contribution is 0.332. The van der Waals surface area contributed by atoms with E-state index in [1.807, 2.05) is 0 Å². The number of hydrogen-bond acceptors (Lipinski definition) is 2. The van der Waals surface area contributed by atoms with Crippen molar-refractivity contribution in [3.63, 3.8) is 0 Å². The Hall–Kier alpha value is -5.02. The second-order valence-corrected chi connectivity index (χ2v) is 27.0. The first-order chi connectivity index (χ1) is 31.0. The van der Waals surface area contributed by atoms with E-state index < -0.39 is 0 Å². The third kappa shape index (κ3) is 7.17. The maximum absolute atomic E-state index is 2.73. The minimum atomic E-state index is -0.120. The van der Waals surface area contributed by atoms with Gasteiger partial charge in [0.05, 0.1) is 5.69 Å². The Bertz CT molecular complexity index is 3010. The number of benzene rings is 6. The second-order valence-electron chi connectivity index (χ2n) is 27.0. The maximum atomic E-state index is 2.73. The van der Waals surface area contributed by atoms with E-state index in [4.69, 9.17) is 0 Å². The largest absolute Gasteiger partial charge is 0.311 e. The van der Waals surface area contributed by atoms with Gasteiger partial charge in [0, 0.05) is 34.0 Å². The number of anilines is 6. The molecular formula is C64H77BN2. The topological polar surface area (TPSA) is 6.48 Å². The van der Waals surface area contributed by atoms with Crippen LogP contribution in [-0.2, 0) is 37.9 Å². The van der Waals surface area contributed by atoms with Gasteiger partial charge >= 0.3 is 0 Å². The molecule has 0 saturated heterocycles. The minimum Gasteiger partial charge on any atom is -0.311 e. The molecule has 2 nitrogen and oxygen atoms in total. The lowest BCUT2D eigenvalue weighted by Gasteiger charge is -2.47. The van der Waals surface area contributed by atoms with Gasteiger partial charge in [0.2, 0.25) is 0 Å². The summed E-state index contributed by atoms with van der Waals surface area (Å²) in [5, 5.41) is 0. The number of aryl methyl sites for hydroxylation is 1. The summed E-state index contributed by atoms with van der Waals surface area (Å²) in [5.41, 5.74) is 26.0. The first-order valence-corrected chi connectivity index (χ1v) is 25.5. The summed E-state index contributed by atoms with van der Waals surface area (Å²) in [5.74, 6) is 0. The summed E-state index contributed by atoms with van der Waals surface area (Å²) in [4.78, 5) is 5.45. The molecule has 6 aromatic rings. The quantitative estimate of drug-likeness (QED) is 0.163. The van der Waals surface area contributed by atoms with Crippen LogP contribution < -0.4 is 26.2 Å². The van der Waals surface area contributed by atoms with Gasteiger partial charge in [-0.05, 0) is 173 Å². The molecular weight excluding hydrogens is 808 g/mol. The Labute approximate surface area is 405 Å². The van der Waals surface area contributed by atoms with Crippen LogP contribution in [0.5, 0.6) is 0 Å². The van der Waals surface area contributed by atoms with Crippen LogP contribution in [0.2, 0.25) is 0 Å². The van der Waals surface area contributed by atoms with Gasteiger partial charge in [0.1, 0.15) is 0 Å². The molecule has 0 fully saturated rings. The Morgan fingerprint density at radius 3 is 1.46 bits per heavy atom. The Morgan fingerprint density at radius 1 is 0.418 bits per heavy atom. The van der Waals surface area contributed by atoms with Gasteiger partial charge in [-0.15, -0.1) is 0 Å². The van der Waals surface area contributed by atoms with Gasteiger partial charge in [-0.3, -0.25) is 0 Å². The predicted octanol–water partition coefficient (Wildman–Crippen LogP) is 15.9. The van der Waals surface area contributed by atoms with Crippen molar-refractivity contribution in [1.29, 1.82) is 0 Å². The van der Waals surface area contributed by atoms with Gasteiger partial charge in [-0.25, -0.2) is 0 Å². The minimum absolute atomic E-state index is 0.0126. The van der Waals surface area contributed by atoms with Crippen molar-refractivity contribution in [1.82, 2.24) is 0 Å². The van der Waals surface area contributed by atoms with Crippen molar-refractivity contribution in [3.05, 3.63) is 148 Å². The summed E-state index contributed by atoms with van der Waals surface area (Å²) in [6.45, 7) is 43.6. The lowest BCUT2D eigenvalue weighted by Crippen LogP contribution is -2.62. The van der Waals surface area contributed by atoms with Gasteiger partial charge < -0.3 is 9.80 Å². The van der Waals surface area contributed by atoms with Gasteiger partial charge in [-0.2, -0.15) is 0 Å². The highest BCUT2D eigenvalue weighted by atomic mass is 15.2. The van der Waals surface area contributed by atoms with Crippen LogP contribution in [0.15, 0.2) is 103 Å². The average Bonchev–Trinajstić information content (AvgIpc) is 3.42. The zero-order chi connectivity index (χ0) is 48.3. The van der Waals surface area contributed by atoms with E-state index in [2.05, 4.69) is 238 Å². The highest BCUT2D eigenvalue weighted by Crippen LogP contribution is 2.55. The van der Waals surface area contributed by atoms with Crippen LogP contribution in [0.1, 0.15) is 181 Å². The van der Waals surface area contributed by atoms with Gasteiger partial charge in [0.15, 0.2) is 0 Å². The van der Waals surface area contributed by atoms with Crippen LogP contribution in [-0.4, -0.2) is 6.71 Å². The van der Waals surface area contributed by atoms with E-state index in [0.29, 0.717) is 0 Å². The Morgan fingerprint density at radius 2 is 0.881 bits per heavy atom. The van der Waals surface area contributed by atoms with Crippen LogP contribution >= 0.6 is 0 Å². The van der Waals surface area contributed by atoms with Crippen LogP contribution in [0.25, 0.3) is 11.1 Å². The standard InChI is InChI=1S/C64H77BN2/c1-39-30-45-47(62(13,14)29-28-61(45,11)12)36-52(39)67-53-32-42(59(5,6)7)24-26-49(53)65-50-35-46-48(64(17,18)38-63(46,15)16)37-54(50)66(55-33-43(60(8,9)10)34-56(67)57(55)65)51-27-25-41(58(2,3)4)31-44(51)40-22-20-19-21-23-40/h19-27,30-37H,28-29,38H2,1-18H3. The molecule has 2 aliphatic heterocycles. The van der Waals surface area contributed by atoms with E-state index in [9.17, 15) is 0 Å². The zero-order valence-corrected chi connectivity index (χ0v) is 44.4. The van der Waals surface area contributed by atoms with E-state index in [-0.39, 0.29) is 44.6 Å². The molecule has 4 aliphatic rings. The second kappa shape index (κ2) is 14.5. The summed E-state index contributed by atoms with van der Waals surface area (Å²) in [6, 6.07) is 41.8. The van der Waals surface area contributed by atoms with Crippen molar-refractivity contribution in [2.24, 2.45) is 0 Å². The smallest absolute Gasteiger partial charge is 0.252 e.